The van der Waals surface area contributed by atoms with E-state index >= 15 is 0 Å². The summed E-state index contributed by atoms with van der Waals surface area (Å²) in [6, 6.07) is 24.1. The van der Waals surface area contributed by atoms with Crippen LogP contribution in [0.3, 0.4) is 0 Å². The van der Waals surface area contributed by atoms with Crippen molar-refractivity contribution in [2.24, 2.45) is 0 Å². The molecule has 25 heavy (non-hydrogen) atoms. The van der Waals surface area contributed by atoms with Crippen molar-refractivity contribution < 1.29 is 13.2 Å². The minimum Gasteiger partial charge on any atom is -0.322 e. The number of carbonyl (C=O) groups excluding carboxylic acids is 1. The third-order valence-electron chi connectivity index (χ3n) is 3.71. The summed E-state index contributed by atoms with van der Waals surface area (Å²) in [4.78, 5) is 12.5. The first-order chi connectivity index (χ1) is 12.0. The molecule has 0 unspecified atom stereocenters. The number of hydrogen-bond donors (Lipinski definition) is 1. The fraction of sp³-hybridized carbons (Fsp3) is 0.0500. The van der Waals surface area contributed by atoms with Crippen molar-refractivity contribution in [2.75, 3.05) is 5.32 Å². The van der Waals surface area contributed by atoms with Crippen LogP contribution in [0.25, 0.3) is 0 Å². The van der Waals surface area contributed by atoms with Gasteiger partial charge in [-0.3, -0.25) is 4.79 Å². The van der Waals surface area contributed by atoms with Crippen molar-refractivity contribution >= 4 is 21.4 Å². The number of sulfone groups is 1. The topological polar surface area (TPSA) is 63.2 Å². The van der Waals surface area contributed by atoms with Crippen LogP contribution in [0.4, 0.5) is 5.69 Å². The van der Waals surface area contributed by atoms with E-state index in [1.807, 2.05) is 18.2 Å². The Hall–Kier alpha value is -2.92. The minimum absolute atomic E-state index is 0.0996. The van der Waals surface area contributed by atoms with Gasteiger partial charge in [-0.15, -0.1) is 0 Å². The van der Waals surface area contributed by atoms with Crippen LogP contribution in [0, 0.1) is 0 Å². The zero-order valence-corrected chi connectivity index (χ0v) is 14.2. The molecule has 0 aliphatic heterocycles. The summed E-state index contributed by atoms with van der Waals surface area (Å²) in [5.74, 6) is -0.332. The molecule has 3 aromatic carbocycles. The Morgan fingerprint density at radius 2 is 1.32 bits per heavy atom. The zero-order valence-electron chi connectivity index (χ0n) is 13.4. The van der Waals surface area contributed by atoms with Gasteiger partial charge in [0.25, 0.3) is 5.91 Å². The average molecular weight is 351 g/mol. The third-order valence-corrected chi connectivity index (χ3v) is 5.41. The highest BCUT2D eigenvalue weighted by Crippen LogP contribution is 2.17. The van der Waals surface area contributed by atoms with Crippen molar-refractivity contribution in [3.8, 4) is 0 Å². The highest BCUT2D eigenvalue weighted by atomic mass is 32.2. The summed E-state index contributed by atoms with van der Waals surface area (Å²) in [7, 11) is -3.40. The largest absolute Gasteiger partial charge is 0.322 e. The van der Waals surface area contributed by atoms with Gasteiger partial charge in [-0.1, -0.05) is 48.5 Å². The molecule has 0 saturated carbocycles. The summed E-state index contributed by atoms with van der Waals surface area (Å²) in [6.07, 6.45) is 0. The molecule has 4 nitrogen and oxygen atoms in total. The molecule has 0 aromatic heterocycles. The van der Waals surface area contributed by atoms with E-state index in [1.54, 1.807) is 66.7 Å². The average Bonchev–Trinajstić information content (AvgIpc) is 2.63. The Bertz CT molecular complexity index is 951. The van der Waals surface area contributed by atoms with Crippen LogP contribution in [0.15, 0.2) is 89.8 Å². The Labute approximate surface area is 147 Å². The Morgan fingerprint density at radius 3 is 1.92 bits per heavy atom. The van der Waals surface area contributed by atoms with Gasteiger partial charge in [-0.05, 0) is 42.0 Å². The Balaban J connectivity index is 1.71. The van der Waals surface area contributed by atoms with Gasteiger partial charge in [0, 0.05) is 11.3 Å². The normalized spacial score (nSPS) is 11.0. The molecule has 0 aliphatic rings. The zero-order chi connectivity index (χ0) is 17.7. The standard InChI is InChI=1S/C20H17NO3S/c22-20(21-18-7-3-1-4-8-18)17-13-11-16(12-14-17)15-25(23,24)19-9-5-2-6-10-19/h1-14H,15H2,(H,21,22). The van der Waals surface area contributed by atoms with Gasteiger partial charge in [0.15, 0.2) is 9.84 Å². The molecule has 5 heteroatoms. The van der Waals surface area contributed by atoms with E-state index in [-0.39, 0.29) is 11.7 Å². The highest BCUT2D eigenvalue weighted by molar-refractivity contribution is 7.90. The van der Waals surface area contributed by atoms with E-state index in [2.05, 4.69) is 5.32 Å². The number of nitrogens with one attached hydrogen (secondary N) is 1. The van der Waals surface area contributed by atoms with Crippen molar-refractivity contribution in [3.63, 3.8) is 0 Å². The molecule has 126 valence electrons. The monoisotopic (exact) mass is 351 g/mol. The van der Waals surface area contributed by atoms with Crippen molar-refractivity contribution in [3.05, 3.63) is 96.1 Å². The van der Waals surface area contributed by atoms with Crippen LogP contribution in [0.1, 0.15) is 15.9 Å². The fourth-order valence-corrected chi connectivity index (χ4v) is 3.78. The summed E-state index contributed by atoms with van der Waals surface area (Å²) >= 11 is 0. The van der Waals surface area contributed by atoms with Crippen LogP contribution in [-0.4, -0.2) is 14.3 Å². The Morgan fingerprint density at radius 1 is 0.760 bits per heavy atom. The SMILES string of the molecule is O=C(Nc1ccccc1)c1ccc(CS(=O)(=O)c2ccccc2)cc1. The predicted octanol–water partition coefficient (Wildman–Crippen LogP) is 3.91. The van der Waals surface area contributed by atoms with Gasteiger partial charge in [-0.25, -0.2) is 8.42 Å². The van der Waals surface area contributed by atoms with Crippen molar-refractivity contribution in [2.45, 2.75) is 10.6 Å². The second-order valence-corrected chi connectivity index (χ2v) is 7.58. The summed E-state index contributed by atoms with van der Waals surface area (Å²) in [5.41, 5.74) is 1.83. The lowest BCUT2D eigenvalue weighted by atomic mass is 10.1. The maximum atomic E-state index is 12.4. The highest BCUT2D eigenvalue weighted by Gasteiger charge is 2.15. The van der Waals surface area contributed by atoms with Gasteiger partial charge in [0.05, 0.1) is 10.6 Å². The molecule has 0 heterocycles. The van der Waals surface area contributed by atoms with Crippen LogP contribution in [0.5, 0.6) is 0 Å². The van der Waals surface area contributed by atoms with Crippen LogP contribution < -0.4 is 5.32 Å². The van der Waals surface area contributed by atoms with Crippen molar-refractivity contribution in [1.29, 1.82) is 0 Å². The Kier molecular flexibility index (Phi) is 4.95. The minimum atomic E-state index is -3.40. The molecule has 0 bridgehead atoms. The molecule has 0 radical (unpaired) electrons. The fourth-order valence-electron chi connectivity index (χ4n) is 2.41. The summed E-state index contributed by atoms with van der Waals surface area (Å²) < 4.78 is 24.8. The van der Waals surface area contributed by atoms with Gasteiger partial charge in [0.1, 0.15) is 0 Å². The lowest BCUT2D eigenvalue weighted by molar-refractivity contribution is 0.102. The number of anilines is 1. The lowest BCUT2D eigenvalue weighted by Gasteiger charge is -2.07. The first kappa shape index (κ1) is 16.9. The first-order valence-electron chi connectivity index (χ1n) is 7.78. The van der Waals surface area contributed by atoms with E-state index in [1.165, 1.54) is 0 Å². The number of hydrogen-bond acceptors (Lipinski definition) is 3. The first-order valence-corrected chi connectivity index (χ1v) is 9.43. The molecule has 1 N–H and O–H groups in total. The molecule has 3 rings (SSSR count). The third kappa shape index (κ3) is 4.33. The van der Waals surface area contributed by atoms with Crippen LogP contribution in [-0.2, 0) is 15.6 Å². The van der Waals surface area contributed by atoms with E-state index in [4.69, 9.17) is 0 Å². The van der Waals surface area contributed by atoms with Crippen LogP contribution >= 0.6 is 0 Å². The van der Waals surface area contributed by atoms with Gasteiger partial charge < -0.3 is 5.32 Å². The lowest BCUT2D eigenvalue weighted by Crippen LogP contribution is -2.12. The van der Waals surface area contributed by atoms with Gasteiger partial charge in [-0.2, -0.15) is 0 Å². The number of carbonyl (C=O) groups is 1. The molecular formula is C20H17NO3S. The van der Waals surface area contributed by atoms with Gasteiger partial charge >= 0.3 is 0 Å². The maximum absolute atomic E-state index is 12.4. The van der Waals surface area contributed by atoms with E-state index in [0.29, 0.717) is 21.7 Å². The van der Waals surface area contributed by atoms with Crippen molar-refractivity contribution in [1.82, 2.24) is 0 Å². The predicted molar refractivity (Wildman–Crippen MR) is 98.2 cm³/mol. The second-order valence-electron chi connectivity index (χ2n) is 5.59. The van der Waals surface area contributed by atoms with E-state index < -0.39 is 9.84 Å². The molecule has 1 amide bonds. The number of para-hydroxylation sites is 1. The molecule has 0 spiro atoms. The molecule has 0 atom stereocenters. The molecule has 0 fully saturated rings. The molecule has 0 aliphatic carbocycles. The maximum Gasteiger partial charge on any atom is 0.255 e. The summed E-state index contributed by atoms with van der Waals surface area (Å²) in [6.45, 7) is 0. The molecular weight excluding hydrogens is 334 g/mol. The van der Waals surface area contributed by atoms with Gasteiger partial charge in [0.2, 0.25) is 0 Å². The number of rotatable bonds is 5. The number of amides is 1. The van der Waals surface area contributed by atoms with Crippen LogP contribution in [0.2, 0.25) is 0 Å². The quantitative estimate of drug-likeness (QED) is 0.758. The molecule has 0 saturated heterocycles. The second kappa shape index (κ2) is 7.32. The van der Waals surface area contributed by atoms with E-state index in [0.717, 1.165) is 0 Å². The van der Waals surface area contributed by atoms with E-state index in [9.17, 15) is 13.2 Å². The summed E-state index contributed by atoms with van der Waals surface area (Å²) in [5, 5.41) is 2.79. The smallest absolute Gasteiger partial charge is 0.255 e. The number of benzene rings is 3. The molecule has 3 aromatic rings.